The molecule has 0 aromatic carbocycles. The van der Waals surface area contributed by atoms with Crippen molar-refractivity contribution in [2.24, 2.45) is 0 Å². The van der Waals surface area contributed by atoms with Gasteiger partial charge in [-0.15, -0.1) is 11.3 Å². The molecule has 0 fully saturated rings. The van der Waals surface area contributed by atoms with Gasteiger partial charge in [-0.1, -0.05) is 12.1 Å². The summed E-state index contributed by atoms with van der Waals surface area (Å²) in [5.41, 5.74) is 0.839. The molecule has 0 bridgehead atoms. The molecule has 8 nitrogen and oxygen atoms in total. The van der Waals surface area contributed by atoms with E-state index in [1.54, 1.807) is 18.5 Å². The Kier molecular flexibility index (Phi) is 4.85. The molecule has 2 aromatic rings. The van der Waals surface area contributed by atoms with Crippen LogP contribution < -0.4 is 5.32 Å². The molecule has 3 rings (SSSR count). The lowest BCUT2D eigenvalue weighted by Crippen LogP contribution is -2.46. The molecule has 1 aliphatic heterocycles. The van der Waals surface area contributed by atoms with E-state index in [0.717, 1.165) is 12.1 Å². The molecule has 10 heteroatoms. The Bertz CT molecular complexity index is 874. The molecular weight excluding hydrogens is 364 g/mol. The Balaban J connectivity index is 1.70. The Morgan fingerprint density at radius 3 is 3.00 bits per heavy atom. The predicted molar refractivity (Wildman–Crippen MR) is 92.8 cm³/mol. The van der Waals surface area contributed by atoms with E-state index in [0.29, 0.717) is 10.6 Å². The average molecular weight is 384 g/mol. The number of amides is 2. The van der Waals surface area contributed by atoms with Crippen molar-refractivity contribution in [3.05, 3.63) is 33.8 Å². The summed E-state index contributed by atoms with van der Waals surface area (Å²) < 4.78 is 31.0. The van der Waals surface area contributed by atoms with E-state index in [1.165, 1.54) is 27.6 Å². The molecule has 25 heavy (non-hydrogen) atoms. The fraction of sp³-hybridized carbons (Fsp3) is 0.467. The van der Waals surface area contributed by atoms with Crippen molar-refractivity contribution < 1.29 is 17.7 Å². The summed E-state index contributed by atoms with van der Waals surface area (Å²) >= 11 is 1.33. The van der Waals surface area contributed by atoms with Crippen LogP contribution in [0.1, 0.15) is 29.3 Å². The van der Waals surface area contributed by atoms with Gasteiger partial charge >= 0.3 is 6.03 Å². The van der Waals surface area contributed by atoms with Gasteiger partial charge in [-0.2, -0.15) is 4.31 Å². The van der Waals surface area contributed by atoms with Gasteiger partial charge < -0.3 is 14.7 Å². The average Bonchev–Trinajstić information content (AvgIpc) is 3.22. The summed E-state index contributed by atoms with van der Waals surface area (Å²) in [5, 5.41) is 8.53. The first kappa shape index (κ1) is 17.9. The summed E-state index contributed by atoms with van der Waals surface area (Å²) in [6.45, 7) is 2.47. The molecule has 2 aromatic heterocycles. The van der Waals surface area contributed by atoms with Gasteiger partial charge in [0.15, 0.2) is 5.76 Å². The van der Waals surface area contributed by atoms with Crippen LogP contribution in [0.3, 0.4) is 0 Å². The van der Waals surface area contributed by atoms with Crippen molar-refractivity contribution in [1.82, 2.24) is 19.7 Å². The van der Waals surface area contributed by atoms with Crippen LogP contribution >= 0.6 is 11.3 Å². The molecule has 1 aliphatic rings. The number of carbonyl (C=O) groups excluding carboxylic acids is 1. The van der Waals surface area contributed by atoms with Crippen LogP contribution in [-0.2, 0) is 23.0 Å². The number of hydrogen-bond acceptors (Lipinski definition) is 6. The molecule has 0 spiro atoms. The fourth-order valence-electron chi connectivity index (χ4n) is 2.66. The Hall–Kier alpha value is -1.91. The van der Waals surface area contributed by atoms with Gasteiger partial charge in [-0.3, -0.25) is 0 Å². The van der Waals surface area contributed by atoms with Gasteiger partial charge in [-0.05, 0) is 17.9 Å². The number of rotatable bonds is 4. The third-order valence-electron chi connectivity index (χ3n) is 4.11. The van der Waals surface area contributed by atoms with Crippen LogP contribution in [0.15, 0.2) is 26.9 Å². The first-order chi connectivity index (χ1) is 11.8. The summed E-state index contributed by atoms with van der Waals surface area (Å²) in [7, 11) is -0.291. The van der Waals surface area contributed by atoms with E-state index in [4.69, 9.17) is 4.52 Å². The molecule has 0 aliphatic carbocycles. The van der Waals surface area contributed by atoms with E-state index in [1.807, 2.05) is 13.0 Å². The minimum absolute atomic E-state index is 0.206. The Labute approximate surface area is 150 Å². The van der Waals surface area contributed by atoms with Crippen molar-refractivity contribution in [3.8, 4) is 0 Å². The molecule has 1 unspecified atom stereocenters. The number of aromatic nitrogens is 1. The van der Waals surface area contributed by atoms with Gasteiger partial charge in [0.05, 0.1) is 23.2 Å². The number of fused-ring (bicyclic) bond motifs is 1. The third-order valence-corrected chi connectivity index (χ3v) is 7.15. The number of hydrogen-bond donors (Lipinski definition) is 1. The van der Waals surface area contributed by atoms with Gasteiger partial charge in [0.25, 0.3) is 0 Å². The third kappa shape index (κ3) is 3.42. The van der Waals surface area contributed by atoms with Crippen molar-refractivity contribution in [2.75, 3.05) is 20.6 Å². The summed E-state index contributed by atoms with van der Waals surface area (Å²) in [4.78, 5) is 14.9. The number of sulfonamides is 1. The lowest BCUT2D eigenvalue weighted by Gasteiger charge is -2.31. The minimum Gasteiger partial charge on any atom is -0.359 e. The molecule has 1 atom stereocenters. The molecular formula is C15H20N4O4S2. The number of nitrogens with one attached hydrogen (secondary N) is 1. The smallest absolute Gasteiger partial charge is 0.318 e. The lowest BCUT2D eigenvalue weighted by molar-refractivity contribution is 0.194. The van der Waals surface area contributed by atoms with Crippen LogP contribution in [0.2, 0.25) is 0 Å². The Morgan fingerprint density at radius 1 is 1.56 bits per heavy atom. The zero-order valence-electron chi connectivity index (χ0n) is 14.2. The summed E-state index contributed by atoms with van der Waals surface area (Å²) in [5.74, 6) is 0.606. The molecule has 1 N–H and O–H groups in total. The van der Waals surface area contributed by atoms with E-state index in [2.05, 4.69) is 10.5 Å². The lowest BCUT2D eigenvalue weighted by atomic mass is 10.2. The van der Waals surface area contributed by atoms with Crippen molar-refractivity contribution in [2.45, 2.75) is 30.8 Å². The zero-order valence-corrected chi connectivity index (χ0v) is 15.9. The highest BCUT2D eigenvalue weighted by Gasteiger charge is 2.36. The first-order valence-corrected chi connectivity index (χ1v) is 10.1. The zero-order chi connectivity index (χ0) is 18.2. The number of urea groups is 1. The quantitative estimate of drug-likeness (QED) is 0.867. The van der Waals surface area contributed by atoms with Crippen LogP contribution in [0.4, 0.5) is 4.79 Å². The summed E-state index contributed by atoms with van der Waals surface area (Å²) in [6, 6.07) is 2.72. The number of likely N-dealkylation sites (N-methyl/N-ethyl adjacent to an activating group) is 1. The first-order valence-electron chi connectivity index (χ1n) is 7.82. The van der Waals surface area contributed by atoms with Crippen LogP contribution in [0.25, 0.3) is 0 Å². The van der Waals surface area contributed by atoms with Crippen molar-refractivity contribution >= 4 is 27.4 Å². The minimum atomic E-state index is -3.46. The number of thiophene rings is 1. The largest absolute Gasteiger partial charge is 0.359 e. The van der Waals surface area contributed by atoms with E-state index in [9.17, 15) is 13.2 Å². The normalized spacial score (nSPS) is 19.4. The second kappa shape index (κ2) is 6.77. The van der Waals surface area contributed by atoms with Crippen LogP contribution in [-0.4, -0.2) is 49.5 Å². The maximum atomic E-state index is 12.5. The SMILES string of the molecule is CCc1cc(CN(C)C(=O)NC2CN(C)S(=O)(=O)c3ccsc32)on1. The fourth-order valence-corrected chi connectivity index (χ4v) is 5.35. The van der Waals surface area contributed by atoms with Crippen molar-refractivity contribution in [3.63, 3.8) is 0 Å². The van der Waals surface area contributed by atoms with Gasteiger partial charge in [0, 0.05) is 31.6 Å². The predicted octanol–water partition coefficient (Wildman–Crippen LogP) is 1.82. The van der Waals surface area contributed by atoms with Gasteiger partial charge in [0.1, 0.15) is 0 Å². The number of carbonyl (C=O) groups is 1. The highest BCUT2D eigenvalue weighted by Crippen LogP contribution is 2.35. The van der Waals surface area contributed by atoms with Gasteiger partial charge in [-0.25, -0.2) is 13.2 Å². The topological polar surface area (TPSA) is 95.8 Å². The number of nitrogens with zero attached hydrogens (tertiary/aromatic N) is 3. The van der Waals surface area contributed by atoms with Crippen molar-refractivity contribution in [1.29, 1.82) is 0 Å². The van der Waals surface area contributed by atoms with Crippen LogP contribution in [0, 0.1) is 0 Å². The second-order valence-corrected chi connectivity index (χ2v) is 8.89. The van der Waals surface area contributed by atoms with E-state index in [-0.39, 0.29) is 30.1 Å². The molecule has 3 heterocycles. The van der Waals surface area contributed by atoms with Crippen LogP contribution in [0.5, 0.6) is 0 Å². The molecule has 0 radical (unpaired) electrons. The summed E-state index contributed by atoms with van der Waals surface area (Å²) in [6.07, 6.45) is 0.767. The monoisotopic (exact) mass is 384 g/mol. The van der Waals surface area contributed by atoms with Gasteiger partial charge in [0.2, 0.25) is 10.0 Å². The molecule has 0 saturated carbocycles. The van der Waals surface area contributed by atoms with E-state index < -0.39 is 10.0 Å². The molecule has 0 saturated heterocycles. The Morgan fingerprint density at radius 2 is 2.32 bits per heavy atom. The molecule has 2 amide bonds. The number of aryl methyl sites for hydroxylation is 1. The second-order valence-electron chi connectivity index (χ2n) is 5.93. The maximum Gasteiger partial charge on any atom is 0.318 e. The highest BCUT2D eigenvalue weighted by atomic mass is 32.2. The highest BCUT2D eigenvalue weighted by molar-refractivity contribution is 7.89. The maximum absolute atomic E-state index is 12.5. The van der Waals surface area contributed by atoms with E-state index >= 15 is 0 Å². The molecule has 136 valence electrons. The standard InChI is InChI=1S/C15H20N4O4S2/c1-4-10-7-11(23-17-10)8-18(2)15(20)16-12-9-19(3)25(21,22)13-5-6-24-14(12)13/h5-7,12H,4,8-9H2,1-3H3,(H,16,20).